The third-order valence-corrected chi connectivity index (χ3v) is 1.93. The fourth-order valence-corrected chi connectivity index (χ4v) is 1.18. The largest absolute Gasteiger partial charge is 0.287 e. The summed E-state index contributed by atoms with van der Waals surface area (Å²) < 4.78 is 0.627. The van der Waals surface area contributed by atoms with Crippen LogP contribution in [0.15, 0.2) is 33.9 Å². The molecule has 0 aliphatic carbocycles. The van der Waals surface area contributed by atoms with E-state index in [1.54, 1.807) is 24.3 Å². The molecule has 0 bridgehead atoms. The van der Waals surface area contributed by atoms with Crippen LogP contribution in [-0.4, -0.2) is 5.91 Å². The predicted octanol–water partition coefficient (Wildman–Crippen LogP) is 2.90. The van der Waals surface area contributed by atoms with E-state index in [1.165, 1.54) is 0 Å². The molecule has 0 aliphatic heterocycles. The van der Waals surface area contributed by atoms with Crippen LogP contribution in [0.25, 0.3) is 10.4 Å². The highest BCUT2D eigenvalue weighted by Gasteiger charge is 2.05. The highest BCUT2D eigenvalue weighted by molar-refractivity contribution is 9.10. The van der Waals surface area contributed by atoms with Gasteiger partial charge in [0.15, 0.2) is 0 Å². The minimum Gasteiger partial charge on any atom is -0.287 e. The van der Waals surface area contributed by atoms with Gasteiger partial charge in [0, 0.05) is 14.9 Å². The van der Waals surface area contributed by atoms with E-state index in [4.69, 9.17) is 5.53 Å². The van der Waals surface area contributed by atoms with E-state index in [-0.39, 0.29) is 0 Å². The van der Waals surface area contributed by atoms with E-state index in [9.17, 15) is 4.79 Å². The van der Waals surface area contributed by atoms with Crippen molar-refractivity contribution >= 4 is 21.8 Å². The Labute approximate surface area is 77.0 Å². The fourth-order valence-electron chi connectivity index (χ4n) is 0.729. The van der Waals surface area contributed by atoms with Crippen molar-refractivity contribution in [2.24, 2.45) is 5.11 Å². The summed E-state index contributed by atoms with van der Waals surface area (Å²) in [6.07, 6.45) is 0. The molecule has 0 saturated heterocycles. The normalized spacial score (nSPS) is 8.75. The molecule has 0 atom stereocenters. The first-order chi connectivity index (χ1) is 5.75. The van der Waals surface area contributed by atoms with Gasteiger partial charge in [0.2, 0.25) is 5.91 Å². The first-order valence-electron chi connectivity index (χ1n) is 3.09. The SMILES string of the molecule is [N-]=[N+]=NC(=O)c1ccccc1Br. The molecule has 0 unspecified atom stereocenters. The Bertz CT molecular complexity index is 357. The van der Waals surface area contributed by atoms with Crippen LogP contribution in [0.4, 0.5) is 0 Å². The third-order valence-electron chi connectivity index (χ3n) is 1.24. The van der Waals surface area contributed by atoms with Gasteiger partial charge >= 0.3 is 0 Å². The second-order valence-electron chi connectivity index (χ2n) is 1.97. The topological polar surface area (TPSA) is 65.8 Å². The molecule has 5 heteroatoms. The average molecular weight is 226 g/mol. The number of hydrogen-bond acceptors (Lipinski definition) is 1. The molecule has 0 aliphatic rings. The molecule has 4 nitrogen and oxygen atoms in total. The lowest BCUT2D eigenvalue weighted by atomic mass is 10.2. The highest BCUT2D eigenvalue weighted by atomic mass is 79.9. The van der Waals surface area contributed by atoms with Gasteiger partial charge in [0.25, 0.3) is 0 Å². The minimum absolute atomic E-state index is 0.371. The molecule has 0 saturated carbocycles. The summed E-state index contributed by atoms with van der Waals surface area (Å²) in [5, 5.41) is 2.97. The second kappa shape index (κ2) is 3.90. The summed E-state index contributed by atoms with van der Waals surface area (Å²) in [7, 11) is 0. The number of halogens is 1. The molecule has 0 spiro atoms. The van der Waals surface area contributed by atoms with Crippen molar-refractivity contribution < 1.29 is 4.79 Å². The number of nitrogens with zero attached hydrogens (tertiary/aromatic N) is 3. The Morgan fingerprint density at radius 1 is 1.50 bits per heavy atom. The van der Waals surface area contributed by atoms with Crippen molar-refractivity contribution in [2.75, 3.05) is 0 Å². The molecule has 0 heterocycles. The number of carbonyl (C=O) groups is 1. The van der Waals surface area contributed by atoms with Crippen LogP contribution in [-0.2, 0) is 0 Å². The number of amides is 1. The van der Waals surface area contributed by atoms with Crippen molar-refractivity contribution in [1.29, 1.82) is 0 Å². The lowest BCUT2D eigenvalue weighted by Gasteiger charge is -1.95. The van der Waals surface area contributed by atoms with Crippen LogP contribution in [0.5, 0.6) is 0 Å². The third kappa shape index (κ3) is 1.84. The molecule has 12 heavy (non-hydrogen) atoms. The van der Waals surface area contributed by atoms with E-state index in [2.05, 4.69) is 26.0 Å². The summed E-state index contributed by atoms with van der Waals surface area (Å²) in [6.45, 7) is 0. The van der Waals surface area contributed by atoms with Crippen molar-refractivity contribution in [3.05, 3.63) is 44.7 Å². The lowest BCUT2D eigenvalue weighted by Crippen LogP contribution is -1.93. The van der Waals surface area contributed by atoms with Crippen LogP contribution in [0, 0.1) is 0 Å². The second-order valence-corrected chi connectivity index (χ2v) is 2.83. The summed E-state index contributed by atoms with van der Waals surface area (Å²) in [6, 6.07) is 6.77. The predicted molar refractivity (Wildman–Crippen MR) is 47.6 cm³/mol. The molecular weight excluding hydrogens is 222 g/mol. The van der Waals surface area contributed by atoms with Crippen LogP contribution in [0.3, 0.4) is 0 Å². The van der Waals surface area contributed by atoms with E-state index in [1.807, 2.05) is 0 Å². The van der Waals surface area contributed by atoms with Crippen LogP contribution in [0.2, 0.25) is 0 Å². The van der Waals surface area contributed by atoms with Gasteiger partial charge in [-0.2, -0.15) is 0 Å². The Balaban J connectivity index is 3.11. The molecule has 0 radical (unpaired) electrons. The standard InChI is InChI=1S/C7H4BrN3O/c8-6-4-2-1-3-5(6)7(12)10-11-9/h1-4H. The van der Waals surface area contributed by atoms with Crippen LogP contribution in [0.1, 0.15) is 10.4 Å². The van der Waals surface area contributed by atoms with Crippen LogP contribution < -0.4 is 0 Å². The molecule has 0 fully saturated rings. The molecule has 1 aromatic rings. The van der Waals surface area contributed by atoms with Gasteiger partial charge in [-0.15, -0.1) is 0 Å². The van der Waals surface area contributed by atoms with Crippen molar-refractivity contribution in [2.45, 2.75) is 0 Å². The Kier molecular flexibility index (Phi) is 2.85. The molecule has 1 amide bonds. The lowest BCUT2D eigenvalue weighted by molar-refractivity contribution is 0.0999. The monoisotopic (exact) mass is 225 g/mol. The van der Waals surface area contributed by atoms with Gasteiger partial charge < -0.3 is 0 Å². The zero-order chi connectivity index (χ0) is 8.97. The van der Waals surface area contributed by atoms with Crippen molar-refractivity contribution in [1.82, 2.24) is 0 Å². The smallest absolute Gasteiger partial charge is 0.250 e. The van der Waals surface area contributed by atoms with E-state index >= 15 is 0 Å². The fraction of sp³-hybridized carbons (Fsp3) is 0. The molecular formula is C7H4BrN3O. The highest BCUT2D eigenvalue weighted by Crippen LogP contribution is 2.16. The zero-order valence-electron chi connectivity index (χ0n) is 5.94. The minimum atomic E-state index is -0.579. The zero-order valence-corrected chi connectivity index (χ0v) is 7.52. The summed E-state index contributed by atoms with van der Waals surface area (Å²) >= 11 is 3.16. The van der Waals surface area contributed by atoms with E-state index < -0.39 is 5.91 Å². The molecule has 1 rings (SSSR count). The van der Waals surface area contributed by atoms with Crippen molar-refractivity contribution in [3.63, 3.8) is 0 Å². The van der Waals surface area contributed by atoms with Gasteiger partial charge in [-0.1, -0.05) is 34.1 Å². The average Bonchev–Trinajstić information content (AvgIpc) is 2.05. The quantitative estimate of drug-likeness (QED) is 0.412. The number of hydrogen-bond donors (Lipinski definition) is 0. The Morgan fingerprint density at radius 2 is 2.17 bits per heavy atom. The molecule has 0 N–H and O–H groups in total. The summed E-state index contributed by atoms with van der Waals surface area (Å²) in [5.41, 5.74) is 8.38. The molecule has 0 aromatic heterocycles. The van der Waals surface area contributed by atoms with Gasteiger partial charge in [0.1, 0.15) is 0 Å². The maximum Gasteiger partial charge on any atom is 0.250 e. The van der Waals surface area contributed by atoms with Gasteiger partial charge in [0.05, 0.1) is 0 Å². The van der Waals surface area contributed by atoms with Gasteiger partial charge in [-0.3, -0.25) is 4.79 Å². The number of rotatable bonds is 1. The molecule has 60 valence electrons. The number of carbonyl (C=O) groups excluding carboxylic acids is 1. The number of azide groups is 1. The van der Waals surface area contributed by atoms with E-state index in [0.717, 1.165) is 0 Å². The Morgan fingerprint density at radius 3 is 2.75 bits per heavy atom. The van der Waals surface area contributed by atoms with Crippen LogP contribution >= 0.6 is 15.9 Å². The number of benzene rings is 1. The maximum atomic E-state index is 11.0. The summed E-state index contributed by atoms with van der Waals surface area (Å²) in [4.78, 5) is 13.4. The summed E-state index contributed by atoms with van der Waals surface area (Å²) in [5.74, 6) is -0.579. The maximum absolute atomic E-state index is 11.0. The Hall–Kier alpha value is -1.32. The first kappa shape index (κ1) is 8.77. The van der Waals surface area contributed by atoms with Gasteiger partial charge in [-0.25, -0.2) is 0 Å². The molecule has 1 aromatic carbocycles. The van der Waals surface area contributed by atoms with Crippen molar-refractivity contribution in [3.8, 4) is 0 Å². The van der Waals surface area contributed by atoms with Gasteiger partial charge in [-0.05, 0) is 16.7 Å². The first-order valence-corrected chi connectivity index (χ1v) is 3.89. The van der Waals surface area contributed by atoms with E-state index in [0.29, 0.717) is 10.0 Å².